The average molecular weight is 217 g/mol. The first kappa shape index (κ1) is 9.98. The number of para-hydroxylation sites is 1. The van der Waals surface area contributed by atoms with E-state index in [0.717, 1.165) is 22.0 Å². The van der Waals surface area contributed by atoms with Gasteiger partial charge in [-0.15, -0.1) is 11.8 Å². The summed E-state index contributed by atoms with van der Waals surface area (Å²) in [7, 11) is 0. The highest BCUT2D eigenvalue weighted by molar-refractivity contribution is 7.98. The van der Waals surface area contributed by atoms with Crippen LogP contribution in [-0.2, 0) is 5.75 Å². The molecule has 0 bridgehead atoms. The molecule has 2 aromatic rings. The van der Waals surface area contributed by atoms with Crippen LogP contribution >= 0.6 is 11.8 Å². The Labute approximate surface area is 92.8 Å². The predicted molar refractivity (Wildman–Crippen MR) is 62.4 cm³/mol. The van der Waals surface area contributed by atoms with Crippen molar-refractivity contribution in [1.82, 2.24) is 9.97 Å². The molecule has 0 aliphatic heterocycles. The van der Waals surface area contributed by atoms with E-state index in [1.165, 1.54) is 0 Å². The highest BCUT2D eigenvalue weighted by Gasteiger charge is 1.99. The molecule has 0 saturated heterocycles. The molecule has 1 aromatic heterocycles. The fraction of sp³-hybridized carbons (Fsp3) is 0.0909. The van der Waals surface area contributed by atoms with Gasteiger partial charge in [0.25, 0.3) is 0 Å². The van der Waals surface area contributed by atoms with Crippen molar-refractivity contribution in [2.24, 2.45) is 0 Å². The van der Waals surface area contributed by atoms with Gasteiger partial charge >= 0.3 is 0 Å². The lowest BCUT2D eigenvalue weighted by Crippen LogP contribution is -1.91. The second kappa shape index (κ2) is 4.79. The molecule has 0 amide bonds. The molecule has 4 heteroatoms. The van der Waals surface area contributed by atoms with E-state index >= 15 is 0 Å². The molecule has 2 N–H and O–H groups in total. The first-order chi connectivity index (χ1) is 7.36. The topological polar surface area (TPSA) is 51.8 Å². The number of benzene rings is 1. The molecule has 1 heterocycles. The van der Waals surface area contributed by atoms with Crippen LogP contribution in [0, 0.1) is 0 Å². The van der Waals surface area contributed by atoms with E-state index in [0.29, 0.717) is 0 Å². The number of anilines is 1. The Kier molecular flexibility index (Phi) is 3.19. The molecule has 0 aliphatic carbocycles. The van der Waals surface area contributed by atoms with Crippen LogP contribution in [0.1, 0.15) is 5.56 Å². The Morgan fingerprint density at radius 3 is 2.80 bits per heavy atom. The monoisotopic (exact) mass is 217 g/mol. The maximum Gasteiger partial charge on any atom is 0.116 e. The average Bonchev–Trinajstić information content (AvgIpc) is 2.29. The third kappa shape index (κ3) is 2.70. The summed E-state index contributed by atoms with van der Waals surface area (Å²) in [6, 6.07) is 9.77. The van der Waals surface area contributed by atoms with Crippen LogP contribution in [-0.4, -0.2) is 9.97 Å². The second-order valence-corrected chi connectivity index (χ2v) is 4.03. The van der Waals surface area contributed by atoms with E-state index in [2.05, 4.69) is 9.97 Å². The molecule has 2 rings (SSSR count). The zero-order valence-electron chi connectivity index (χ0n) is 8.13. The van der Waals surface area contributed by atoms with Crippen LogP contribution in [0.25, 0.3) is 0 Å². The number of hydrogen-bond donors (Lipinski definition) is 1. The molecule has 0 spiro atoms. The van der Waals surface area contributed by atoms with Crippen molar-refractivity contribution < 1.29 is 0 Å². The van der Waals surface area contributed by atoms with Crippen LogP contribution in [0.4, 0.5) is 5.69 Å². The first-order valence-corrected chi connectivity index (χ1v) is 5.57. The lowest BCUT2D eigenvalue weighted by Gasteiger charge is -2.03. The third-order valence-electron chi connectivity index (χ3n) is 1.99. The van der Waals surface area contributed by atoms with Crippen molar-refractivity contribution in [2.75, 3.05) is 5.73 Å². The lowest BCUT2D eigenvalue weighted by atomic mass is 10.2. The Bertz CT molecular complexity index is 431. The molecule has 76 valence electrons. The number of hydrogen-bond acceptors (Lipinski definition) is 4. The largest absolute Gasteiger partial charge is 0.398 e. The minimum absolute atomic E-state index is 0.832. The summed E-state index contributed by atoms with van der Waals surface area (Å²) in [5.41, 5.74) is 7.81. The Morgan fingerprint density at radius 2 is 2.07 bits per heavy atom. The molecule has 0 saturated carbocycles. The van der Waals surface area contributed by atoms with Gasteiger partial charge in [-0.25, -0.2) is 9.97 Å². The number of nitrogen functional groups attached to an aromatic ring is 1. The van der Waals surface area contributed by atoms with Gasteiger partial charge in [0.05, 0.1) is 5.03 Å². The summed E-state index contributed by atoms with van der Waals surface area (Å²) in [4.78, 5) is 8.00. The number of nitrogens with two attached hydrogens (primary N) is 1. The second-order valence-electron chi connectivity index (χ2n) is 3.04. The normalized spacial score (nSPS) is 10.1. The van der Waals surface area contributed by atoms with Crippen molar-refractivity contribution in [3.8, 4) is 0 Å². The standard InChI is InChI=1S/C11H11N3S/c12-10-4-2-1-3-9(10)7-15-11-5-6-13-8-14-11/h1-6,8H,7,12H2. The fourth-order valence-corrected chi connectivity index (χ4v) is 2.03. The summed E-state index contributed by atoms with van der Waals surface area (Å²) in [5, 5.41) is 0.966. The Balaban J connectivity index is 2.03. The van der Waals surface area contributed by atoms with E-state index in [1.54, 1.807) is 24.3 Å². The van der Waals surface area contributed by atoms with E-state index in [4.69, 9.17) is 5.73 Å². The predicted octanol–water partition coefficient (Wildman–Crippen LogP) is 2.35. The fourth-order valence-electron chi connectivity index (χ4n) is 1.18. The van der Waals surface area contributed by atoms with Crippen LogP contribution in [0.15, 0.2) is 47.9 Å². The molecule has 3 nitrogen and oxygen atoms in total. The maximum atomic E-state index is 5.84. The van der Waals surface area contributed by atoms with E-state index in [1.807, 2.05) is 30.3 Å². The Morgan fingerprint density at radius 1 is 1.20 bits per heavy atom. The molecule has 0 unspecified atom stereocenters. The van der Waals surface area contributed by atoms with Gasteiger partial charge in [-0.1, -0.05) is 18.2 Å². The number of thioether (sulfide) groups is 1. The lowest BCUT2D eigenvalue weighted by molar-refractivity contribution is 1.05. The van der Waals surface area contributed by atoms with Gasteiger partial charge in [-0.05, 0) is 17.7 Å². The summed E-state index contributed by atoms with van der Waals surface area (Å²) in [5.74, 6) is 0.837. The number of nitrogens with zero attached hydrogens (tertiary/aromatic N) is 2. The molecular weight excluding hydrogens is 206 g/mol. The number of rotatable bonds is 3. The van der Waals surface area contributed by atoms with Gasteiger partial charge in [-0.3, -0.25) is 0 Å². The highest BCUT2D eigenvalue weighted by atomic mass is 32.2. The van der Waals surface area contributed by atoms with Gasteiger partial charge in [0.15, 0.2) is 0 Å². The zero-order valence-corrected chi connectivity index (χ0v) is 8.95. The van der Waals surface area contributed by atoms with Crippen LogP contribution in [0.3, 0.4) is 0 Å². The van der Waals surface area contributed by atoms with E-state index < -0.39 is 0 Å². The van der Waals surface area contributed by atoms with Crippen molar-refractivity contribution in [2.45, 2.75) is 10.8 Å². The number of aromatic nitrogens is 2. The van der Waals surface area contributed by atoms with Crippen LogP contribution in [0.5, 0.6) is 0 Å². The third-order valence-corrected chi connectivity index (χ3v) is 2.98. The van der Waals surface area contributed by atoms with Crippen molar-refractivity contribution in [3.63, 3.8) is 0 Å². The highest BCUT2D eigenvalue weighted by Crippen LogP contribution is 2.22. The van der Waals surface area contributed by atoms with E-state index in [9.17, 15) is 0 Å². The molecule has 0 aliphatic rings. The summed E-state index contributed by atoms with van der Waals surface area (Å²) >= 11 is 1.66. The van der Waals surface area contributed by atoms with E-state index in [-0.39, 0.29) is 0 Å². The smallest absolute Gasteiger partial charge is 0.116 e. The molecule has 0 radical (unpaired) electrons. The van der Waals surface area contributed by atoms with Crippen LogP contribution < -0.4 is 5.73 Å². The SMILES string of the molecule is Nc1ccccc1CSc1ccncn1. The van der Waals surface area contributed by atoms with Crippen LogP contribution in [0.2, 0.25) is 0 Å². The maximum absolute atomic E-state index is 5.84. The zero-order chi connectivity index (χ0) is 10.5. The van der Waals surface area contributed by atoms with Gasteiger partial charge < -0.3 is 5.73 Å². The van der Waals surface area contributed by atoms with Gasteiger partial charge in [0, 0.05) is 17.6 Å². The quantitative estimate of drug-likeness (QED) is 0.487. The summed E-state index contributed by atoms with van der Waals surface area (Å²) in [6.45, 7) is 0. The molecule has 1 aromatic carbocycles. The van der Waals surface area contributed by atoms with Crippen molar-refractivity contribution in [1.29, 1.82) is 0 Å². The molecule has 15 heavy (non-hydrogen) atoms. The van der Waals surface area contributed by atoms with Gasteiger partial charge in [0.1, 0.15) is 6.33 Å². The summed E-state index contributed by atoms with van der Waals surface area (Å²) in [6.07, 6.45) is 3.29. The van der Waals surface area contributed by atoms with Gasteiger partial charge in [-0.2, -0.15) is 0 Å². The molecule has 0 atom stereocenters. The molecular formula is C11H11N3S. The summed E-state index contributed by atoms with van der Waals surface area (Å²) < 4.78 is 0. The van der Waals surface area contributed by atoms with Crippen molar-refractivity contribution >= 4 is 17.4 Å². The minimum Gasteiger partial charge on any atom is -0.398 e. The first-order valence-electron chi connectivity index (χ1n) is 4.58. The minimum atomic E-state index is 0.832. The Hall–Kier alpha value is -1.55. The van der Waals surface area contributed by atoms with Crippen molar-refractivity contribution in [3.05, 3.63) is 48.4 Å². The van der Waals surface area contributed by atoms with Gasteiger partial charge in [0.2, 0.25) is 0 Å². The molecule has 0 fully saturated rings.